The van der Waals surface area contributed by atoms with Crippen molar-refractivity contribution in [2.75, 3.05) is 6.54 Å². The third kappa shape index (κ3) is 6.90. The first-order valence-corrected chi connectivity index (χ1v) is 13.6. The van der Waals surface area contributed by atoms with Gasteiger partial charge in [-0.05, 0) is 91.8 Å². The lowest BCUT2D eigenvalue weighted by atomic mass is 9.94. The lowest BCUT2D eigenvalue weighted by Gasteiger charge is -2.33. The molecule has 0 saturated carbocycles. The van der Waals surface area contributed by atoms with Crippen molar-refractivity contribution in [3.63, 3.8) is 0 Å². The number of hydrogen-bond acceptors (Lipinski definition) is 5. The van der Waals surface area contributed by atoms with E-state index >= 15 is 0 Å². The Hall–Kier alpha value is -3.57. The first-order valence-electron chi connectivity index (χ1n) is 12.1. The minimum atomic E-state index is -4.82. The van der Waals surface area contributed by atoms with E-state index in [2.05, 4.69) is 4.74 Å². The molecule has 3 aromatic rings. The third-order valence-corrected chi connectivity index (χ3v) is 8.18. The highest BCUT2D eigenvalue weighted by atomic mass is 32.2. The number of sulfonamides is 1. The molecule has 208 valence electrons. The molecule has 0 aliphatic carbocycles. The van der Waals surface area contributed by atoms with E-state index in [-0.39, 0.29) is 22.8 Å². The molecule has 0 atom stereocenters. The fourth-order valence-electron chi connectivity index (χ4n) is 4.53. The van der Waals surface area contributed by atoms with Crippen LogP contribution in [-0.4, -0.2) is 42.3 Å². The number of aliphatic carboxylic acids is 1. The van der Waals surface area contributed by atoms with Gasteiger partial charge < -0.3 is 14.6 Å². The molecule has 0 bridgehead atoms. The Kier molecular flexibility index (Phi) is 7.68. The van der Waals surface area contributed by atoms with Gasteiger partial charge in [0.15, 0.2) is 0 Å². The normalized spacial score (nSPS) is 14.9. The number of carboxylic acid groups (broad SMARTS) is 1. The summed E-state index contributed by atoms with van der Waals surface area (Å²) in [6.07, 6.45) is -3.49. The number of fused-ring (bicyclic) bond motifs is 1. The van der Waals surface area contributed by atoms with Gasteiger partial charge >= 0.3 is 12.3 Å². The molecular formula is C28H28F3NO6S. The van der Waals surface area contributed by atoms with E-state index in [0.717, 1.165) is 9.87 Å². The Morgan fingerprint density at radius 2 is 1.85 bits per heavy atom. The van der Waals surface area contributed by atoms with Gasteiger partial charge in [0.2, 0.25) is 10.0 Å². The molecule has 0 spiro atoms. The second-order valence-electron chi connectivity index (χ2n) is 10.0. The molecule has 0 unspecified atom stereocenters. The maximum absolute atomic E-state index is 13.5. The molecular weight excluding hydrogens is 535 g/mol. The van der Waals surface area contributed by atoms with Gasteiger partial charge in [-0.25, -0.2) is 8.42 Å². The zero-order valence-corrected chi connectivity index (χ0v) is 22.4. The van der Waals surface area contributed by atoms with Crippen LogP contribution in [0.3, 0.4) is 0 Å². The van der Waals surface area contributed by atoms with Crippen LogP contribution >= 0.6 is 0 Å². The number of carbonyl (C=O) groups is 1. The van der Waals surface area contributed by atoms with Gasteiger partial charge in [-0.1, -0.05) is 30.3 Å². The fraction of sp³-hybridized carbons (Fsp3) is 0.321. The van der Waals surface area contributed by atoms with Crippen molar-refractivity contribution >= 4 is 16.0 Å². The van der Waals surface area contributed by atoms with Crippen LogP contribution in [0.1, 0.15) is 37.0 Å². The maximum Gasteiger partial charge on any atom is 0.573 e. The molecule has 0 amide bonds. The minimum absolute atomic E-state index is 0.0272. The van der Waals surface area contributed by atoms with Crippen LogP contribution in [0.15, 0.2) is 65.6 Å². The highest BCUT2D eigenvalue weighted by Gasteiger charge is 2.32. The predicted octanol–water partition coefficient (Wildman–Crippen LogP) is 5.94. The summed E-state index contributed by atoms with van der Waals surface area (Å²) >= 11 is 0. The van der Waals surface area contributed by atoms with Crippen molar-refractivity contribution in [3.05, 3.63) is 77.4 Å². The van der Waals surface area contributed by atoms with Gasteiger partial charge in [-0.15, -0.1) is 13.2 Å². The Balaban J connectivity index is 1.61. The van der Waals surface area contributed by atoms with Gasteiger partial charge in [0.1, 0.15) is 23.6 Å². The number of aryl methyl sites for hydroxylation is 2. The van der Waals surface area contributed by atoms with Crippen molar-refractivity contribution in [3.8, 4) is 22.6 Å². The van der Waals surface area contributed by atoms with Crippen molar-refractivity contribution in [2.45, 2.75) is 57.0 Å². The third-order valence-electron chi connectivity index (χ3n) is 6.39. The molecule has 7 nitrogen and oxygen atoms in total. The SMILES string of the molecule is Cc1cc(CN(CC(=O)O)S(=O)(=O)c2ccc3c(c2)CCC(C)(C)O3)ccc1-c1cccc(OC(F)(F)F)c1. The van der Waals surface area contributed by atoms with Crippen molar-refractivity contribution in [2.24, 2.45) is 0 Å². The van der Waals surface area contributed by atoms with Crippen LogP contribution in [0.25, 0.3) is 11.1 Å². The summed E-state index contributed by atoms with van der Waals surface area (Å²) < 4.78 is 75.8. The molecule has 1 aliphatic rings. The number of nitrogens with zero attached hydrogens (tertiary/aromatic N) is 1. The molecule has 3 aromatic carbocycles. The van der Waals surface area contributed by atoms with E-state index in [9.17, 15) is 31.5 Å². The predicted molar refractivity (Wildman–Crippen MR) is 138 cm³/mol. The molecule has 1 heterocycles. The van der Waals surface area contributed by atoms with Gasteiger partial charge in [-0.3, -0.25) is 4.79 Å². The largest absolute Gasteiger partial charge is 0.573 e. The molecule has 39 heavy (non-hydrogen) atoms. The van der Waals surface area contributed by atoms with Crippen LogP contribution in [0.2, 0.25) is 0 Å². The lowest BCUT2D eigenvalue weighted by molar-refractivity contribution is -0.274. The van der Waals surface area contributed by atoms with E-state index in [1.807, 2.05) is 13.8 Å². The molecule has 0 aromatic heterocycles. The molecule has 0 fully saturated rings. The van der Waals surface area contributed by atoms with E-state index < -0.39 is 28.9 Å². The topological polar surface area (TPSA) is 93.1 Å². The molecule has 1 N–H and O–H groups in total. The smallest absolute Gasteiger partial charge is 0.488 e. The standard InChI is InChI=1S/C28H28F3NO6S/c1-18-13-19(7-9-24(18)20-5-4-6-22(14-20)37-28(29,30)31)16-32(17-26(33)34)39(35,36)23-8-10-25-21(15-23)11-12-27(2,3)38-25/h4-10,13-15H,11-12,16-17H2,1-3H3,(H,33,34). The zero-order valence-electron chi connectivity index (χ0n) is 21.6. The summed E-state index contributed by atoms with van der Waals surface area (Å²) in [5.74, 6) is -1.07. The van der Waals surface area contributed by atoms with E-state index in [1.165, 1.54) is 30.3 Å². The van der Waals surface area contributed by atoms with Gasteiger partial charge in [0.25, 0.3) is 0 Å². The fourth-order valence-corrected chi connectivity index (χ4v) is 5.96. The summed E-state index contributed by atoms with van der Waals surface area (Å²) in [6, 6.07) is 15.0. The van der Waals surface area contributed by atoms with Gasteiger partial charge in [-0.2, -0.15) is 4.31 Å². The van der Waals surface area contributed by atoms with Crippen LogP contribution in [0.4, 0.5) is 13.2 Å². The Bertz CT molecular complexity index is 1500. The van der Waals surface area contributed by atoms with Crippen molar-refractivity contribution in [1.29, 1.82) is 0 Å². The minimum Gasteiger partial charge on any atom is -0.488 e. The number of carboxylic acids is 1. The molecule has 1 aliphatic heterocycles. The Labute approximate surface area is 224 Å². The van der Waals surface area contributed by atoms with Gasteiger partial charge in [0.05, 0.1) is 4.90 Å². The van der Waals surface area contributed by atoms with E-state index in [1.54, 1.807) is 37.3 Å². The Morgan fingerprint density at radius 3 is 2.51 bits per heavy atom. The van der Waals surface area contributed by atoms with Crippen LogP contribution in [-0.2, 0) is 27.8 Å². The Morgan fingerprint density at radius 1 is 1.10 bits per heavy atom. The van der Waals surface area contributed by atoms with Crippen molar-refractivity contribution < 1.29 is 41.0 Å². The highest BCUT2D eigenvalue weighted by Crippen LogP contribution is 2.35. The first-order chi connectivity index (χ1) is 18.1. The summed E-state index contributed by atoms with van der Waals surface area (Å²) in [7, 11) is -4.18. The number of ether oxygens (including phenoxy) is 2. The second-order valence-corrected chi connectivity index (χ2v) is 12.0. The molecule has 4 rings (SSSR count). The highest BCUT2D eigenvalue weighted by molar-refractivity contribution is 7.89. The monoisotopic (exact) mass is 563 g/mol. The number of alkyl halides is 3. The van der Waals surface area contributed by atoms with E-state index in [0.29, 0.717) is 40.8 Å². The maximum atomic E-state index is 13.5. The molecule has 11 heteroatoms. The average molecular weight is 564 g/mol. The summed E-state index contributed by atoms with van der Waals surface area (Å²) in [6.45, 7) is 4.68. The van der Waals surface area contributed by atoms with E-state index in [4.69, 9.17) is 4.74 Å². The van der Waals surface area contributed by atoms with Crippen molar-refractivity contribution in [1.82, 2.24) is 4.31 Å². The summed E-state index contributed by atoms with van der Waals surface area (Å²) in [5.41, 5.74) is 2.67. The summed E-state index contributed by atoms with van der Waals surface area (Å²) in [4.78, 5) is 11.6. The van der Waals surface area contributed by atoms with Crippen LogP contribution in [0.5, 0.6) is 11.5 Å². The quantitative estimate of drug-likeness (QED) is 0.365. The summed E-state index contributed by atoms with van der Waals surface area (Å²) in [5, 5.41) is 9.46. The first kappa shape index (κ1) is 28.4. The number of hydrogen-bond donors (Lipinski definition) is 1. The van der Waals surface area contributed by atoms with Crippen LogP contribution < -0.4 is 9.47 Å². The van der Waals surface area contributed by atoms with Crippen LogP contribution in [0, 0.1) is 6.92 Å². The van der Waals surface area contributed by atoms with Gasteiger partial charge in [0, 0.05) is 6.54 Å². The number of halogens is 3. The second kappa shape index (κ2) is 10.5. The number of benzene rings is 3. The molecule has 0 saturated heterocycles. The zero-order chi connectivity index (χ0) is 28.6. The average Bonchev–Trinajstić information content (AvgIpc) is 2.81. The lowest BCUT2D eigenvalue weighted by Crippen LogP contribution is -2.36. The number of rotatable bonds is 8. The molecule has 0 radical (unpaired) electrons.